The largest absolute Gasteiger partial charge is 0.595 e. The maximum Gasteiger partial charge on any atom is 0.324 e. The van der Waals surface area contributed by atoms with Crippen molar-refractivity contribution in [3.8, 4) is 0 Å². The van der Waals surface area contributed by atoms with Crippen LogP contribution in [0.3, 0.4) is 0 Å². The van der Waals surface area contributed by atoms with Crippen LogP contribution < -0.4 is 10.5 Å². The van der Waals surface area contributed by atoms with E-state index in [1.807, 2.05) is 0 Å². The van der Waals surface area contributed by atoms with Gasteiger partial charge in [-0.25, -0.2) is 10.4 Å². The molecule has 0 radical (unpaired) electrons. The third kappa shape index (κ3) is 3.55. The van der Waals surface area contributed by atoms with E-state index in [1.165, 1.54) is 13.0 Å². The quantitative estimate of drug-likeness (QED) is 0.295. The zero-order valence-electron chi connectivity index (χ0n) is 13.1. The highest BCUT2D eigenvalue weighted by molar-refractivity contribution is 6.09. The van der Waals surface area contributed by atoms with E-state index >= 15 is 0 Å². The van der Waals surface area contributed by atoms with Gasteiger partial charge in [0.2, 0.25) is 0 Å². The molecular formula is C14H20N2O7. The van der Waals surface area contributed by atoms with Crippen molar-refractivity contribution in [1.82, 2.24) is 0 Å². The van der Waals surface area contributed by atoms with Crippen molar-refractivity contribution in [3.05, 3.63) is 34.2 Å². The molecule has 1 aromatic carbocycles. The standard InChI is InChI=1S/C14H20N2O7/c1-4-14(9(3)17,13(18)23-5-2)11-7-6-10(15(19)20)8-12(11)16(21)22/h6-8,15-16,19,21H,4-5H2,1-3H3/t14-/m0/s1. The van der Waals surface area contributed by atoms with Gasteiger partial charge in [-0.2, -0.15) is 10.5 Å². The Labute approximate surface area is 132 Å². The molecule has 0 aliphatic rings. The lowest BCUT2D eigenvalue weighted by atomic mass is 9.74. The maximum absolute atomic E-state index is 12.4. The fourth-order valence-corrected chi connectivity index (χ4v) is 2.51. The lowest BCUT2D eigenvalue weighted by Gasteiger charge is -2.30. The van der Waals surface area contributed by atoms with Crippen LogP contribution in [0.25, 0.3) is 0 Å². The van der Waals surface area contributed by atoms with Gasteiger partial charge in [0.1, 0.15) is 0 Å². The van der Waals surface area contributed by atoms with Gasteiger partial charge in [-0.3, -0.25) is 9.59 Å². The van der Waals surface area contributed by atoms with Crippen molar-refractivity contribution in [2.45, 2.75) is 32.6 Å². The Morgan fingerprint density at radius 3 is 2.22 bits per heavy atom. The van der Waals surface area contributed by atoms with Gasteiger partial charge in [-0.05, 0) is 26.3 Å². The molecule has 0 fully saturated rings. The first-order chi connectivity index (χ1) is 10.7. The fraction of sp³-hybridized carbons (Fsp3) is 0.429. The van der Waals surface area contributed by atoms with Gasteiger partial charge in [0.25, 0.3) is 0 Å². The molecule has 1 aromatic rings. The van der Waals surface area contributed by atoms with Gasteiger partial charge in [-0.1, -0.05) is 6.92 Å². The first-order valence-electron chi connectivity index (χ1n) is 7.01. The smallest absolute Gasteiger partial charge is 0.324 e. The highest BCUT2D eigenvalue weighted by Crippen LogP contribution is 2.35. The zero-order chi connectivity index (χ0) is 17.8. The van der Waals surface area contributed by atoms with Gasteiger partial charge in [0.05, 0.1) is 12.7 Å². The molecule has 0 bridgehead atoms. The lowest BCUT2D eigenvalue weighted by Crippen LogP contribution is -3.01. The summed E-state index contributed by atoms with van der Waals surface area (Å²) in [5, 5.41) is 38.2. The number of carbonyl (C=O) groups is 2. The molecule has 9 nitrogen and oxygen atoms in total. The molecule has 0 aliphatic carbocycles. The monoisotopic (exact) mass is 328 g/mol. The number of quaternary nitrogens is 2. The van der Waals surface area contributed by atoms with E-state index in [-0.39, 0.29) is 24.3 Å². The number of nitrogens with one attached hydrogen (secondary N) is 2. The summed E-state index contributed by atoms with van der Waals surface area (Å²) < 4.78 is 4.96. The average molecular weight is 328 g/mol. The predicted molar refractivity (Wildman–Crippen MR) is 77.3 cm³/mol. The minimum atomic E-state index is -1.78. The van der Waals surface area contributed by atoms with Crippen molar-refractivity contribution >= 4 is 23.1 Å². The minimum absolute atomic E-state index is 0.00609. The summed E-state index contributed by atoms with van der Waals surface area (Å²) in [6.07, 6.45) is -0.00609. The molecule has 0 aliphatic heterocycles. The van der Waals surface area contributed by atoms with Crippen LogP contribution in [0.1, 0.15) is 32.8 Å². The minimum Gasteiger partial charge on any atom is -0.595 e. The van der Waals surface area contributed by atoms with E-state index in [0.29, 0.717) is 0 Å². The Kier molecular flexibility index (Phi) is 6.33. The average Bonchev–Trinajstić information content (AvgIpc) is 2.48. The molecule has 0 aromatic heterocycles. The Morgan fingerprint density at radius 2 is 1.83 bits per heavy atom. The predicted octanol–water partition coefficient (Wildman–Crippen LogP) is -0.707. The van der Waals surface area contributed by atoms with E-state index in [9.17, 15) is 25.2 Å². The van der Waals surface area contributed by atoms with E-state index in [0.717, 1.165) is 12.1 Å². The van der Waals surface area contributed by atoms with Gasteiger partial charge in [-0.15, -0.1) is 0 Å². The van der Waals surface area contributed by atoms with Crippen LogP contribution in [0, 0.1) is 10.4 Å². The van der Waals surface area contributed by atoms with Gasteiger partial charge in [0, 0.05) is 11.6 Å². The number of rotatable bonds is 7. The highest BCUT2D eigenvalue weighted by atomic mass is 16.8. The molecule has 0 heterocycles. The van der Waals surface area contributed by atoms with E-state index in [1.54, 1.807) is 13.8 Å². The van der Waals surface area contributed by atoms with Gasteiger partial charge < -0.3 is 15.2 Å². The molecule has 128 valence electrons. The third-order valence-electron chi connectivity index (χ3n) is 3.71. The molecule has 9 heteroatoms. The number of ketones is 1. The van der Waals surface area contributed by atoms with Crippen LogP contribution in [-0.4, -0.2) is 28.8 Å². The van der Waals surface area contributed by atoms with Crippen molar-refractivity contribution in [2.24, 2.45) is 0 Å². The molecular weight excluding hydrogens is 308 g/mol. The molecule has 0 spiro atoms. The van der Waals surface area contributed by atoms with E-state index in [2.05, 4.69) is 0 Å². The summed E-state index contributed by atoms with van der Waals surface area (Å²) in [7, 11) is 0. The van der Waals surface area contributed by atoms with E-state index in [4.69, 9.17) is 9.94 Å². The Balaban J connectivity index is 3.65. The summed E-state index contributed by atoms with van der Waals surface area (Å²) in [5.74, 6) is -1.41. The first-order valence-corrected chi connectivity index (χ1v) is 7.01. The molecule has 2 unspecified atom stereocenters. The van der Waals surface area contributed by atoms with Crippen LogP contribution in [-0.2, 0) is 19.7 Å². The Hall–Kier alpha value is -1.88. The van der Waals surface area contributed by atoms with Crippen molar-refractivity contribution < 1.29 is 35.2 Å². The van der Waals surface area contributed by atoms with Gasteiger partial charge >= 0.3 is 5.97 Å². The third-order valence-corrected chi connectivity index (χ3v) is 3.71. The molecule has 23 heavy (non-hydrogen) atoms. The van der Waals surface area contributed by atoms with Crippen LogP contribution >= 0.6 is 0 Å². The lowest BCUT2D eigenvalue weighted by molar-refractivity contribution is -0.996. The van der Waals surface area contributed by atoms with Crippen LogP contribution in [0.4, 0.5) is 11.4 Å². The van der Waals surface area contributed by atoms with Crippen molar-refractivity contribution in [2.75, 3.05) is 6.61 Å². The summed E-state index contributed by atoms with van der Waals surface area (Å²) in [6, 6.07) is 3.29. The second kappa shape index (κ2) is 7.59. The van der Waals surface area contributed by atoms with Crippen LogP contribution in [0.15, 0.2) is 18.2 Å². The molecule has 0 amide bonds. The normalized spacial score (nSPS) is 16.3. The second-order valence-electron chi connectivity index (χ2n) is 4.91. The van der Waals surface area contributed by atoms with Crippen LogP contribution in [0.2, 0.25) is 0 Å². The number of hydrogen-bond donors (Lipinski definition) is 4. The number of ether oxygens (including phenoxy) is 1. The SMILES string of the molecule is CCOC(=O)[C@@](CC)(C(C)=O)c1ccc([NH+]([O-])O)cc1[NH+]([O-])O. The van der Waals surface area contributed by atoms with Crippen LogP contribution in [0.5, 0.6) is 0 Å². The molecule has 4 N–H and O–H groups in total. The summed E-state index contributed by atoms with van der Waals surface area (Å²) in [4.78, 5) is 24.6. The van der Waals surface area contributed by atoms with Gasteiger partial charge in [0.15, 0.2) is 22.6 Å². The molecule has 0 saturated heterocycles. The summed E-state index contributed by atoms with van der Waals surface area (Å²) in [6.45, 7) is 4.35. The number of benzene rings is 1. The number of carbonyl (C=O) groups excluding carboxylic acids is 2. The summed E-state index contributed by atoms with van der Waals surface area (Å²) in [5.41, 5.74) is -2.50. The molecule has 1 rings (SSSR count). The fourth-order valence-electron chi connectivity index (χ4n) is 2.51. The summed E-state index contributed by atoms with van der Waals surface area (Å²) >= 11 is 0. The zero-order valence-corrected chi connectivity index (χ0v) is 13.1. The number of hydrogen-bond acceptors (Lipinski definition) is 7. The molecule has 3 atom stereocenters. The Morgan fingerprint density at radius 1 is 1.22 bits per heavy atom. The second-order valence-corrected chi connectivity index (χ2v) is 4.91. The highest BCUT2D eigenvalue weighted by Gasteiger charge is 2.48. The first kappa shape index (κ1) is 19.2. The topological polar surface area (TPSA) is 139 Å². The Bertz CT molecular complexity index is 588. The number of Topliss-reactive ketones (excluding diaryl/α,β-unsaturated/α-hetero) is 1. The molecule has 0 saturated carbocycles. The van der Waals surface area contributed by atoms with Crippen molar-refractivity contribution in [1.29, 1.82) is 0 Å². The van der Waals surface area contributed by atoms with E-state index < -0.39 is 33.3 Å². The van der Waals surface area contributed by atoms with Crippen molar-refractivity contribution in [3.63, 3.8) is 0 Å². The maximum atomic E-state index is 12.4. The number of esters is 1.